The van der Waals surface area contributed by atoms with E-state index in [0.717, 1.165) is 17.7 Å². The third kappa shape index (κ3) is 5.00. The molecule has 2 aromatic heterocycles. The Morgan fingerprint density at radius 2 is 1.78 bits per heavy atom. The first-order valence-electron chi connectivity index (χ1n) is 7.85. The Hall–Kier alpha value is -3.49. The molecule has 0 radical (unpaired) electrons. The van der Waals surface area contributed by atoms with Crippen LogP contribution in [-0.2, 0) is 12.7 Å². The molecule has 27 heavy (non-hydrogen) atoms. The molecule has 0 aliphatic heterocycles. The van der Waals surface area contributed by atoms with E-state index >= 15 is 0 Å². The SMILES string of the molecule is O=C(NCc1cccnc1)c1cnc(Nc2ccc(C(F)(F)F)cc2)cn1. The molecule has 138 valence electrons. The van der Waals surface area contributed by atoms with Crippen molar-refractivity contribution in [2.45, 2.75) is 12.7 Å². The predicted octanol–water partition coefficient (Wildman–Crippen LogP) is 3.56. The lowest BCUT2D eigenvalue weighted by Crippen LogP contribution is -2.24. The Kier molecular flexibility index (Phi) is 5.30. The van der Waals surface area contributed by atoms with Gasteiger partial charge in [0.25, 0.3) is 5.91 Å². The lowest BCUT2D eigenvalue weighted by molar-refractivity contribution is -0.137. The van der Waals surface area contributed by atoms with Gasteiger partial charge in [0, 0.05) is 24.6 Å². The molecule has 3 rings (SSSR count). The molecule has 0 bridgehead atoms. The highest BCUT2D eigenvalue weighted by atomic mass is 19.4. The summed E-state index contributed by atoms with van der Waals surface area (Å²) < 4.78 is 37.7. The fraction of sp³-hybridized carbons (Fsp3) is 0.111. The largest absolute Gasteiger partial charge is 0.416 e. The maximum Gasteiger partial charge on any atom is 0.416 e. The van der Waals surface area contributed by atoms with Crippen molar-refractivity contribution in [2.24, 2.45) is 0 Å². The molecule has 9 heteroatoms. The molecule has 3 aromatic rings. The number of hydrogen-bond acceptors (Lipinski definition) is 5. The minimum absolute atomic E-state index is 0.122. The van der Waals surface area contributed by atoms with Crippen LogP contribution in [0.15, 0.2) is 61.2 Å². The van der Waals surface area contributed by atoms with Crippen molar-refractivity contribution < 1.29 is 18.0 Å². The highest BCUT2D eigenvalue weighted by molar-refractivity contribution is 5.92. The van der Waals surface area contributed by atoms with Crippen LogP contribution in [0.25, 0.3) is 0 Å². The highest BCUT2D eigenvalue weighted by Crippen LogP contribution is 2.30. The zero-order chi connectivity index (χ0) is 19.3. The molecule has 0 aliphatic carbocycles. The van der Waals surface area contributed by atoms with Crippen molar-refractivity contribution in [1.82, 2.24) is 20.3 Å². The van der Waals surface area contributed by atoms with E-state index in [4.69, 9.17) is 0 Å². The molecule has 0 fully saturated rings. The van der Waals surface area contributed by atoms with Gasteiger partial charge in [-0.15, -0.1) is 0 Å². The molecule has 0 aliphatic rings. The summed E-state index contributed by atoms with van der Waals surface area (Å²) in [4.78, 5) is 24.1. The smallest absolute Gasteiger partial charge is 0.347 e. The molecule has 0 unspecified atom stereocenters. The third-order valence-corrected chi connectivity index (χ3v) is 3.54. The molecule has 6 nitrogen and oxygen atoms in total. The maximum absolute atomic E-state index is 12.6. The van der Waals surface area contributed by atoms with E-state index in [1.165, 1.54) is 24.5 Å². The van der Waals surface area contributed by atoms with Crippen molar-refractivity contribution in [3.63, 3.8) is 0 Å². The fourth-order valence-electron chi connectivity index (χ4n) is 2.18. The van der Waals surface area contributed by atoms with Crippen molar-refractivity contribution in [3.05, 3.63) is 78.0 Å². The number of halogens is 3. The van der Waals surface area contributed by atoms with Crippen LogP contribution in [0.5, 0.6) is 0 Å². The van der Waals surface area contributed by atoms with Crippen molar-refractivity contribution in [1.29, 1.82) is 0 Å². The van der Waals surface area contributed by atoms with Gasteiger partial charge in [0.1, 0.15) is 11.5 Å². The molecule has 0 saturated carbocycles. The summed E-state index contributed by atoms with van der Waals surface area (Å²) in [6.07, 6.45) is 1.51. The zero-order valence-corrected chi connectivity index (χ0v) is 13.9. The highest BCUT2D eigenvalue weighted by Gasteiger charge is 2.29. The first-order chi connectivity index (χ1) is 12.9. The lowest BCUT2D eigenvalue weighted by atomic mass is 10.2. The van der Waals surface area contributed by atoms with Gasteiger partial charge < -0.3 is 10.6 Å². The Labute approximate surface area is 152 Å². The van der Waals surface area contributed by atoms with Crippen LogP contribution in [0.2, 0.25) is 0 Å². The van der Waals surface area contributed by atoms with Crippen molar-refractivity contribution in [3.8, 4) is 0 Å². The van der Waals surface area contributed by atoms with Crippen LogP contribution in [0.1, 0.15) is 21.6 Å². The summed E-state index contributed by atoms with van der Waals surface area (Å²) in [7, 11) is 0. The average molecular weight is 373 g/mol. The van der Waals surface area contributed by atoms with E-state index in [9.17, 15) is 18.0 Å². The standard InChI is InChI=1S/C18H14F3N5O/c19-18(20,21)13-3-5-14(6-4-13)26-16-11-23-15(10-24-16)17(27)25-9-12-2-1-7-22-8-12/h1-8,10-11H,9H2,(H,24,26)(H,25,27). The Morgan fingerprint density at radius 1 is 1.00 bits per heavy atom. The van der Waals surface area contributed by atoms with Crippen molar-refractivity contribution >= 4 is 17.4 Å². The number of anilines is 2. The van der Waals surface area contributed by atoms with Gasteiger partial charge in [0.2, 0.25) is 0 Å². The number of alkyl halides is 3. The van der Waals surface area contributed by atoms with Gasteiger partial charge in [0.05, 0.1) is 18.0 Å². The molecule has 2 N–H and O–H groups in total. The second-order valence-corrected chi connectivity index (χ2v) is 5.53. The topological polar surface area (TPSA) is 79.8 Å². The minimum atomic E-state index is -4.39. The summed E-state index contributed by atoms with van der Waals surface area (Å²) in [6.45, 7) is 0.305. The first-order valence-corrected chi connectivity index (χ1v) is 7.85. The normalized spacial score (nSPS) is 11.1. The fourth-order valence-corrected chi connectivity index (χ4v) is 2.18. The number of hydrogen-bond donors (Lipinski definition) is 2. The lowest BCUT2D eigenvalue weighted by Gasteiger charge is -2.09. The number of pyridine rings is 1. The molecule has 1 amide bonds. The van der Waals surface area contributed by atoms with Crippen LogP contribution in [0.3, 0.4) is 0 Å². The molecule has 2 heterocycles. The maximum atomic E-state index is 12.6. The summed E-state index contributed by atoms with van der Waals surface area (Å²) in [5.41, 5.74) is 0.655. The van der Waals surface area contributed by atoms with E-state index in [-0.39, 0.29) is 5.69 Å². The second-order valence-electron chi connectivity index (χ2n) is 5.53. The van der Waals surface area contributed by atoms with Gasteiger partial charge in [-0.25, -0.2) is 9.97 Å². The summed E-state index contributed by atoms with van der Waals surface area (Å²) in [5.74, 6) is -0.0917. The number of amides is 1. The van der Waals surface area contributed by atoms with Crippen LogP contribution >= 0.6 is 0 Å². The monoisotopic (exact) mass is 373 g/mol. The van der Waals surface area contributed by atoms with E-state index in [1.54, 1.807) is 18.5 Å². The summed E-state index contributed by atoms with van der Waals surface area (Å²) in [5, 5.41) is 5.52. The number of benzene rings is 1. The van der Waals surface area contributed by atoms with E-state index < -0.39 is 17.6 Å². The number of carbonyl (C=O) groups is 1. The van der Waals surface area contributed by atoms with Crippen LogP contribution in [0, 0.1) is 0 Å². The quantitative estimate of drug-likeness (QED) is 0.715. The molecule has 1 aromatic carbocycles. The number of rotatable bonds is 5. The van der Waals surface area contributed by atoms with Gasteiger partial charge >= 0.3 is 6.18 Å². The van der Waals surface area contributed by atoms with Crippen LogP contribution < -0.4 is 10.6 Å². The molecule has 0 saturated heterocycles. The molecule has 0 atom stereocenters. The molecular formula is C18H14F3N5O. The Bertz CT molecular complexity index is 897. The van der Waals surface area contributed by atoms with E-state index in [2.05, 4.69) is 25.6 Å². The Balaban J connectivity index is 1.59. The second kappa shape index (κ2) is 7.81. The number of nitrogens with zero attached hydrogens (tertiary/aromatic N) is 3. The van der Waals surface area contributed by atoms with E-state index in [0.29, 0.717) is 18.1 Å². The van der Waals surface area contributed by atoms with Crippen molar-refractivity contribution in [2.75, 3.05) is 5.32 Å². The van der Waals surface area contributed by atoms with Gasteiger partial charge in [0.15, 0.2) is 0 Å². The van der Waals surface area contributed by atoms with E-state index in [1.807, 2.05) is 6.07 Å². The average Bonchev–Trinajstić information content (AvgIpc) is 2.67. The van der Waals surface area contributed by atoms with Gasteiger partial charge in [-0.2, -0.15) is 13.2 Å². The summed E-state index contributed by atoms with van der Waals surface area (Å²) >= 11 is 0. The zero-order valence-electron chi connectivity index (χ0n) is 13.9. The van der Waals surface area contributed by atoms with Gasteiger partial charge in [-0.3, -0.25) is 9.78 Å². The van der Waals surface area contributed by atoms with Gasteiger partial charge in [-0.1, -0.05) is 6.07 Å². The summed E-state index contributed by atoms with van der Waals surface area (Å²) in [6, 6.07) is 8.11. The molecular weight excluding hydrogens is 359 g/mol. The first kappa shape index (κ1) is 18.3. The molecule has 0 spiro atoms. The number of aromatic nitrogens is 3. The van der Waals surface area contributed by atoms with Crippen LogP contribution in [0.4, 0.5) is 24.7 Å². The van der Waals surface area contributed by atoms with Crippen LogP contribution in [-0.4, -0.2) is 20.9 Å². The third-order valence-electron chi connectivity index (χ3n) is 3.54. The number of carbonyl (C=O) groups excluding carboxylic acids is 1. The predicted molar refractivity (Wildman–Crippen MR) is 92.2 cm³/mol. The minimum Gasteiger partial charge on any atom is -0.347 e. The Morgan fingerprint density at radius 3 is 2.37 bits per heavy atom. The number of nitrogens with one attached hydrogen (secondary N) is 2. The van der Waals surface area contributed by atoms with Gasteiger partial charge in [-0.05, 0) is 35.9 Å².